The third-order valence-electron chi connectivity index (χ3n) is 7.41. The summed E-state index contributed by atoms with van der Waals surface area (Å²) in [6, 6.07) is 10.1. The van der Waals surface area contributed by atoms with Gasteiger partial charge in [0, 0.05) is 31.9 Å². The summed E-state index contributed by atoms with van der Waals surface area (Å²) in [6.45, 7) is 11.7. The summed E-state index contributed by atoms with van der Waals surface area (Å²) in [6.07, 6.45) is 5.86. The number of fused-ring (bicyclic) bond motifs is 2. The van der Waals surface area contributed by atoms with Gasteiger partial charge in [-0.2, -0.15) is 5.10 Å². The Morgan fingerprint density at radius 2 is 1.98 bits per heavy atom. The zero-order valence-corrected chi connectivity index (χ0v) is 24.6. The SMILES string of the molecule is C=CC(=O)N1CCN(c2ccc3ncnc(Nc4ccc(Oc5ccn6ncnc6c5)c(Cl)c4F)c3n2)C[C@H]1C(C)(C)C. The first kappa shape index (κ1) is 28.3. The maximum Gasteiger partial charge on any atom is 0.246 e. The number of nitrogens with one attached hydrogen (secondary N) is 1. The van der Waals surface area contributed by atoms with Crippen LogP contribution in [-0.4, -0.2) is 66.0 Å². The third-order valence-corrected chi connectivity index (χ3v) is 7.76. The van der Waals surface area contributed by atoms with E-state index < -0.39 is 5.82 Å². The molecule has 220 valence electrons. The predicted molar refractivity (Wildman–Crippen MR) is 162 cm³/mol. The highest BCUT2D eigenvalue weighted by Gasteiger charge is 2.37. The molecule has 1 aliphatic rings. The molecule has 5 aromatic rings. The van der Waals surface area contributed by atoms with Gasteiger partial charge in [0.25, 0.3) is 0 Å². The number of pyridine rings is 2. The average molecular weight is 602 g/mol. The number of hydrogen-bond donors (Lipinski definition) is 1. The van der Waals surface area contributed by atoms with E-state index in [0.29, 0.717) is 53.7 Å². The summed E-state index contributed by atoms with van der Waals surface area (Å²) in [5.74, 6) is 0.812. The minimum atomic E-state index is -0.707. The van der Waals surface area contributed by atoms with Gasteiger partial charge in [-0.15, -0.1) is 0 Å². The molecule has 0 bridgehead atoms. The van der Waals surface area contributed by atoms with Crippen molar-refractivity contribution in [3.8, 4) is 11.5 Å². The van der Waals surface area contributed by atoms with Crippen LogP contribution in [0.25, 0.3) is 16.7 Å². The Hall–Kier alpha value is -4.84. The number of nitrogens with zero attached hydrogens (tertiary/aromatic N) is 8. The molecule has 1 aliphatic heterocycles. The van der Waals surface area contributed by atoms with Gasteiger partial charge in [0.2, 0.25) is 5.91 Å². The van der Waals surface area contributed by atoms with Crippen molar-refractivity contribution in [1.29, 1.82) is 0 Å². The monoisotopic (exact) mass is 601 g/mol. The maximum atomic E-state index is 15.5. The number of ether oxygens (including phenoxy) is 1. The van der Waals surface area contributed by atoms with Crippen LogP contribution in [-0.2, 0) is 4.79 Å². The van der Waals surface area contributed by atoms with Gasteiger partial charge in [0.05, 0.1) is 17.2 Å². The lowest BCUT2D eigenvalue weighted by Crippen LogP contribution is -2.59. The number of aromatic nitrogens is 6. The molecule has 0 aliphatic carbocycles. The number of halogens is 2. The minimum Gasteiger partial charge on any atom is -0.455 e. The Kier molecular flexibility index (Phi) is 7.30. The van der Waals surface area contributed by atoms with Crippen molar-refractivity contribution in [1.82, 2.24) is 34.4 Å². The number of benzene rings is 1. The molecule has 13 heteroatoms. The second-order valence-electron chi connectivity index (χ2n) is 11.2. The van der Waals surface area contributed by atoms with Gasteiger partial charge >= 0.3 is 0 Å². The summed E-state index contributed by atoms with van der Waals surface area (Å²) in [5, 5.41) is 6.88. The normalized spacial score (nSPS) is 15.6. The van der Waals surface area contributed by atoms with E-state index >= 15 is 4.39 Å². The highest BCUT2D eigenvalue weighted by Crippen LogP contribution is 2.37. The molecule has 0 radical (unpaired) electrons. The number of rotatable bonds is 6. The Morgan fingerprint density at radius 3 is 2.77 bits per heavy atom. The van der Waals surface area contributed by atoms with E-state index in [2.05, 4.69) is 57.6 Å². The van der Waals surface area contributed by atoms with Crippen molar-refractivity contribution in [2.75, 3.05) is 29.9 Å². The Labute approximate surface area is 252 Å². The average Bonchev–Trinajstić information content (AvgIpc) is 3.48. The first-order valence-corrected chi connectivity index (χ1v) is 14.0. The second-order valence-corrected chi connectivity index (χ2v) is 11.6. The van der Waals surface area contributed by atoms with Crippen LogP contribution >= 0.6 is 11.6 Å². The van der Waals surface area contributed by atoms with Crippen LogP contribution in [0.5, 0.6) is 11.5 Å². The predicted octanol–water partition coefficient (Wildman–Crippen LogP) is 5.65. The Bertz CT molecular complexity index is 1860. The lowest BCUT2D eigenvalue weighted by atomic mass is 9.84. The van der Waals surface area contributed by atoms with Crippen molar-refractivity contribution in [2.45, 2.75) is 26.8 Å². The fraction of sp³-hybridized carbons (Fsp3) is 0.267. The van der Waals surface area contributed by atoms with Crippen LogP contribution in [0, 0.1) is 11.2 Å². The van der Waals surface area contributed by atoms with Crippen molar-refractivity contribution < 1.29 is 13.9 Å². The molecule has 1 fully saturated rings. The van der Waals surface area contributed by atoms with Gasteiger partial charge in [-0.1, -0.05) is 39.0 Å². The standard InChI is InChI=1S/C30H29ClFN9O2/c1-5-25(42)40-13-12-39(15-22(40)30(2,3)4)23-9-7-20-28(38-23)29(35-16-33-20)37-19-6-8-21(26(31)27(19)32)43-18-10-11-41-24(14-18)34-17-36-41/h5-11,14,16-17,22H,1,12-13,15H2,2-4H3,(H,33,35,37)/t22-/m0/s1. The number of hydrogen-bond acceptors (Lipinski definition) is 9. The second kappa shape index (κ2) is 11.1. The fourth-order valence-electron chi connectivity index (χ4n) is 5.13. The molecule has 1 amide bonds. The molecule has 6 rings (SSSR count). The van der Waals surface area contributed by atoms with E-state index in [9.17, 15) is 4.79 Å². The highest BCUT2D eigenvalue weighted by atomic mass is 35.5. The van der Waals surface area contributed by atoms with Crippen LogP contribution < -0.4 is 15.0 Å². The maximum absolute atomic E-state index is 15.5. The van der Waals surface area contributed by atoms with Crippen LogP contribution in [0.3, 0.4) is 0 Å². The van der Waals surface area contributed by atoms with Gasteiger partial charge in [-0.25, -0.2) is 28.8 Å². The van der Waals surface area contributed by atoms with E-state index in [0.717, 1.165) is 0 Å². The van der Waals surface area contributed by atoms with Gasteiger partial charge in [-0.3, -0.25) is 4.79 Å². The van der Waals surface area contributed by atoms with Crippen LogP contribution in [0.2, 0.25) is 5.02 Å². The molecule has 0 unspecified atom stereocenters. The summed E-state index contributed by atoms with van der Waals surface area (Å²) in [4.78, 5) is 34.3. The smallest absolute Gasteiger partial charge is 0.246 e. The van der Waals surface area contributed by atoms with Crippen molar-refractivity contribution in [2.24, 2.45) is 5.41 Å². The molecular formula is C30H29ClFN9O2. The highest BCUT2D eigenvalue weighted by molar-refractivity contribution is 6.32. The van der Waals surface area contributed by atoms with Gasteiger partial charge in [-0.05, 0) is 41.8 Å². The van der Waals surface area contributed by atoms with Gasteiger partial charge in [0.1, 0.15) is 40.5 Å². The minimum absolute atomic E-state index is 0.0517. The molecule has 11 nitrogen and oxygen atoms in total. The van der Waals surface area contributed by atoms with E-state index in [1.165, 1.54) is 24.8 Å². The lowest BCUT2D eigenvalue weighted by Gasteiger charge is -2.47. The quantitative estimate of drug-likeness (QED) is 0.247. The Balaban J connectivity index is 1.26. The van der Waals surface area contributed by atoms with Gasteiger partial charge in [0.15, 0.2) is 17.3 Å². The summed E-state index contributed by atoms with van der Waals surface area (Å²) in [5.41, 5.74) is 1.57. The molecule has 1 saturated heterocycles. The molecule has 1 N–H and O–H groups in total. The topological polar surface area (TPSA) is 114 Å². The van der Waals surface area contributed by atoms with Crippen molar-refractivity contribution in [3.05, 3.63) is 78.7 Å². The Morgan fingerprint density at radius 1 is 1.14 bits per heavy atom. The number of amides is 1. The van der Waals surface area contributed by atoms with E-state index in [4.69, 9.17) is 21.3 Å². The molecule has 4 aromatic heterocycles. The summed E-state index contributed by atoms with van der Waals surface area (Å²) in [7, 11) is 0. The largest absolute Gasteiger partial charge is 0.455 e. The molecule has 5 heterocycles. The van der Waals surface area contributed by atoms with Crippen molar-refractivity contribution >= 4 is 51.5 Å². The first-order valence-electron chi connectivity index (χ1n) is 13.6. The third kappa shape index (κ3) is 5.53. The molecule has 1 atom stereocenters. The molecular weight excluding hydrogens is 573 g/mol. The fourth-order valence-corrected chi connectivity index (χ4v) is 5.34. The van der Waals surface area contributed by atoms with E-state index in [1.807, 2.05) is 17.0 Å². The molecule has 43 heavy (non-hydrogen) atoms. The van der Waals surface area contributed by atoms with Crippen molar-refractivity contribution in [3.63, 3.8) is 0 Å². The van der Waals surface area contributed by atoms with E-state index in [-0.39, 0.29) is 33.8 Å². The summed E-state index contributed by atoms with van der Waals surface area (Å²) < 4.78 is 22.9. The number of carbonyl (C=O) groups excluding carboxylic acids is 1. The zero-order valence-electron chi connectivity index (χ0n) is 23.8. The van der Waals surface area contributed by atoms with Crippen LogP contribution in [0.4, 0.5) is 21.7 Å². The zero-order chi connectivity index (χ0) is 30.3. The molecule has 0 saturated carbocycles. The molecule has 0 spiro atoms. The van der Waals surface area contributed by atoms with Crippen LogP contribution in [0.1, 0.15) is 20.8 Å². The summed E-state index contributed by atoms with van der Waals surface area (Å²) >= 11 is 6.39. The van der Waals surface area contributed by atoms with Crippen LogP contribution in [0.15, 0.2) is 67.9 Å². The first-order chi connectivity index (χ1) is 20.6. The number of piperazine rings is 1. The molecule has 1 aromatic carbocycles. The lowest BCUT2D eigenvalue weighted by molar-refractivity contribution is -0.131. The van der Waals surface area contributed by atoms with E-state index in [1.54, 1.807) is 28.9 Å². The van der Waals surface area contributed by atoms with Gasteiger partial charge < -0.3 is 19.9 Å². The number of carbonyl (C=O) groups is 1. The number of anilines is 3.